The maximum atomic E-state index is 5.57. The number of hydrogen-bond acceptors (Lipinski definition) is 5. The van der Waals surface area contributed by atoms with E-state index in [-0.39, 0.29) is 0 Å². The monoisotopic (exact) mass is 261 g/mol. The third-order valence-electron chi connectivity index (χ3n) is 3.10. The lowest BCUT2D eigenvalue weighted by molar-refractivity contribution is 0.421. The van der Waals surface area contributed by atoms with Crippen molar-refractivity contribution >= 4 is 11.8 Å². The molecular weight excluding hydrogens is 246 g/mol. The van der Waals surface area contributed by atoms with Crippen molar-refractivity contribution in [1.29, 1.82) is 0 Å². The molecular formula is C13H15N3OS. The van der Waals surface area contributed by atoms with Gasteiger partial charge in [0.15, 0.2) is 5.82 Å². The van der Waals surface area contributed by atoms with Crippen LogP contribution >= 0.6 is 11.8 Å². The van der Waals surface area contributed by atoms with E-state index < -0.39 is 0 Å². The van der Waals surface area contributed by atoms with E-state index >= 15 is 0 Å². The molecule has 1 fully saturated rings. The van der Waals surface area contributed by atoms with Crippen LogP contribution in [0.1, 0.15) is 29.5 Å². The van der Waals surface area contributed by atoms with E-state index in [0.717, 1.165) is 23.4 Å². The van der Waals surface area contributed by atoms with Gasteiger partial charge in [-0.15, -0.1) is 0 Å². The molecule has 0 aliphatic carbocycles. The molecule has 4 nitrogen and oxygen atoms in total. The number of hydrogen-bond donors (Lipinski definition) is 1. The fourth-order valence-electron chi connectivity index (χ4n) is 2.05. The highest BCUT2D eigenvalue weighted by Gasteiger charge is 2.23. The van der Waals surface area contributed by atoms with Crippen molar-refractivity contribution in [2.24, 2.45) is 5.73 Å². The third-order valence-corrected chi connectivity index (χ3v) is 4.47. The molecule has 0 bridgehead atoms. The Kier molecular flexibility index (Phi) is 3.34. The number of nitrogens with zero attached hydrogens (tertiary/aromatic N) is 2. The molecule has 2 heterocycles. The minimum absolute atomic E-state index is 0.408. The molecule has 1 aromatic carbocycles. The van der Waals surface area contributed by atoms with Gasteiger partial charge in [0.25, 0.3) is 5.89 Å². The molecule has 18 heavy (non-hydrogen) atoms. The van der Waals surface area contributed by atoms with Crippen molar-refractivity contribution in [2.45, 2.75) is 24.6 Å². The average molecular weight is 261 g/mol. The molecule has 1 aliphatic rings. The van der Waals surface area contributed by atoms with Crippen LogP contribution in [0.15, 0.2) is 28.8 Å². The molecule has 3 rings (SSSR count). The second kappa shape index (κ2) is 5.12. The molecule has 0 radical (unpaired) electrons. The highest BCUT2D eigenvalue weighted by Crippen LogP contribution is 2.38. The molecule has 0 amide bonds. The standard InChI is InChI=1S/C13H15N3OS/c14-8-9-3-5-10(6-4-9)13-15-12(16-17-13)11-2-1-7-18-11/h3-6,11H,1-2,7-8,14H2. The molecule has 5 heteroatoms. The van der Waals surface area contributed by atoms with Gasteiger partial charge in [0.05, 0.1) is 5.25 Å². The van der Waals surface area contributed by atoms with Gasteiger partial charge in [-0.2, -0.15) is 16.7 Å². The maximum absolute atomic E-state index is 5.57. The van der Waals surface area contributed by atoms with E-state index in [0.29, 0.717) is 17.7 Å². The Morgan fingerprint density at radius 1 is 1.33 bits per heavy atom. The van der Waals surface area contributed by atoms with Gasteiger partial charge < -0.3 is 10.3 Å². The summed E-state index contributed by atoms with van der Waals surface area (Å²) in [6, 6.07) is 7.93. The molecule has 1 aromatic heterocycles. The summed E-state index contributed by atoms with van der Waals surface area (Å²) < 4.78 is 5.33. The number of rotatable bonds is 3. The maximum Gasteiger partial charge on any atom is 0.257 e. The third kappa shape index (κ3) is 2.28. The van der Waals surface area contributed by atoms with E-state index in [1.807, 2.05) is 36.0 Å². The number of thioether (sulfide) groups is 1. The second-order valence-corrected chi connectivity index (χ2v) is 5.67. The summed E-state index contributed by atoms with van der Waals surface area (Å²) in [5.41, 5.74) is 7.63. The smallest absolute Gasteiger partial charge is 0.257 e. The minimum atomic E-state index is 0.408. The van der Waals surface area contributed by atoms with Crippen LogP contribution in [0, 0.1) is 0 Å². The quantitative estimate of drug-likeness (QED) is 0.920. The predicted molar refractivity (Wildman–Crippen MR) is 72.1 cm³/mol. The van der Waals surface area contributed by atoms with Crippen molar-refractivity contribution in [2.75, 3.05) is 5.75 Å². The average Bonchev–Trinajstić information content (AvgIpc) is 3.09. The first-order valence-corrected chi connectivity index (χ1v) is 7.16. The molecule has 94 valence electrons. The van der Waals surface area contributed by atoms with Crippen LogP contribution in [0.25, 0.3) is 11.5 Å². The topological polar surface area (TPSA) is 64.9 Å². The minimum Gasteiger partial charge on any atom is -0.334 e. The molecule has 1 atom stereocenters. The van der Waals surface area contributed by atoms with Crippen LogP contribution in [0.4, 0.5) is 0 Å². The Balaban J connectivity index is 1.82. The Bertz CT molecular complexity index is 517. The van der Waals surface area contributed by atoms with E-state index in [9.17, 15) is 0 Å². The lowest BCUT2D eigenvalue weighted by Crippen LogP contribution is -1.95. The second-order valence-electron chi connectivity index (χ2n) is 4.36. The Morgan fingerprint density at radius 2 is 2.17 bits per heavy atom. The summed E-state index contributed by atoms with van der Waals surface area (Å²) in [7, 11) is 0. The van der Waals surface area contributed by atoms with Gasteiger partial charge in [-0.1, -0.05) is 17.3 Å². The molecule has 2 aromatic rings. The summed E-state index contributed by atoms with van der Waals surface area (Å²) in [5.74, 6) is 2.62. The van der Waals surface area contributed by atoms with Crippen LogP contribution in [0.3, 0.4) is 0 Å². The van der Waals surface area contributed by atoms with E-state index in [4.69, 9.17) is 10.3 Å². The zero-order valence-corrected chi connectivity index (χ0v) is 10.8. The SMILES string of the molecule is NCc1ccc(-c2nc(C3CCCS3)no2)cc1. The zero-order valence-electron chi connectivity index (χ0n) is 10.0. The van der Waals surface area contributed by atoms with Gasteiger partial charge in [-0.3, -0.25) is 0 Å². The first kappa shape index (κ1) is 11.7. The van der Waals surface area contributed by atoms with Crippen molar-refractivity contribution < 1.29 is 4.52 Å². The Hall–Kier alpha value is -1.33. The normalized spacial score (nSPS) is 19.3. The first-order valence-electron chi connectivity index (χ1n) is 6.11. The van der Waals surface area contributed by atoms with Crippen molar-refractivity contribution in [3.8, 4) is 11.5 Å². The van der Waals surface area contributed by atoms with Gasteiger partial charge in [0.1, 0.15) is 0 Å². The van der Waals surface area contributed by atoms with Gasteiger partial charge in [0, 0.05) is 12.1 Å². The van der Waals surface area contributed by atoms with Gasteiger partial charge in [0.2, 0.25) is 0 Å². The van der Waals surface area contributed by atoms with E-state index in [2.05, 4.69) is 10.1 Å². The van der Waals surface area contributed by atoms with Gasteiger partial charge in [-0.05, 0) is 36.3 Å². The predicted octanol–water partition coefficient (Wildman–Crippen LogP) is 2.76. The largest absolute Gasteiger partial charge is 0.334 e. The summed E-state index contributed by atoms with van der Waals surface area (Å²) >= 11 is 1.91. The molecule has 0 saturated carbocycles. The highest BCUT2D eigenvalue weighted by atomic mass is 32.2. The number of aromatic nitrogens is 2. The number of nitrogens with two attached hydrogens (primary N) is 1. The van der Waals surface area contributed by atoms with Crippen LogP contribution in [-0.2, 0) is 6.54 Å². The van der Waals surface area contributed by atoms with Crippen molar-refractivity contribution in [3.63, 3.8) is 0 Å². The van der Waals surface area contributed by atoms with Crippen LogP contribution < -0.4 is 5.73 Å². The summed E-state index contributed by atoms with van der Waals surface area (Å²) in [4.78, 5) is 4.49. The zero-order chi connectivity index (χ0) is 12.4. The van der Waals surface area contributed by atoms with E-state index in [1.54, 1.807) is 0 Å². The van der Waals surface area contributed by atoms with Crippen molar-refractivity contribution in [1.82, 2.24) is 10.1 Å². The van der Waals surface area contributed by atoms with Crippen molar-refractivity contribution in [3.05, 3.63) is 35.7 Å². The summed E-state index contributed by atoms with van der Waals surface area (Å²) in [5, 5.41) is 4.49. The van der Waals surface area contributed by atoms with Crippen LogP contribution in [0.5, 0.6) is 0 Å². The lowest BCUT2D eigenvalue weighted by atomic mass is 10.1. The van der Waals surface area contributed by atoms with Gasteiger partial charge >= 0.3 is 0 Å². The van der Waals surface area contributed by atoms with E-state index in [1.165, 1.54) is 12.2 Å². The summed E-state index contributed by atoms with van der Waals surface area (Å²) in [6.07, 6.45) is 2.39. The summed E-state index contributed by atoms with van der Waals surface area (Å²) in [6.45, 7) is 0.550. The van der Waals surface area contributed by atoms with Crippen LogP contribution in [-0.4, -0.2) is 15.9 Å². The molecule has 1 aliphatic heterocycles. The molecule has 0 spiro atoms. The Morgan fingerprint density at radius 3 is 2.83 bits per heavy atom. The first-order chi connectivity index (χ1) is 8.86. The fraction of sp³-hybridized carbons (Fsp3) is 0.385. The van der Waals surface area contributed by atoms with Gasteiger partial charge in [-0.25, -0.2) is 0 Å². The fourth-order valence-corrected chi connectivity index (χ4v) is 3.24. The molecule has 1 unspecified atom stereocenters. The molecule has 1 saturated heterocycles. The highest BCUT2D eigenvalue weighted by molar-refractivity contribution is 7.99. The Labute approximate surface area is 110 Å². The molecule has 2 N–H and O–H groups in total. The number of benzene rings is 1. The van der Waals surface area contributed by atoms with Crippen LogP contribution in [0.2, 0.25) is 0 Å². The lowest BCUT2D eigenvalue weighted by Gasteiger charge is -1.99.